The van der Waals surface area contributed by atoms with Gasteiger partial charge in [-0.2, -0.15) is 0 Å². The maximum absolute atomic E-state index is 11.4. The summed E-state index contributed by atoms with van der Waals surface area (Å²) >= 11 is 1.50. The molecule has 0 aromatic heterocycles. The average molecular weight is 292 g/mol. The van der Waals surface area contributed by atoms with Crippen molar-refractivity contribution in [3.8, 4) is 11.5 Å². The molecule has 0 fully saturated rings. The number of hydrogen-bond donors (Lipinski definition) is 1. The molecule has 0 unspecified atom stereocenters. The minimum atomic E-state index is -0.0354. The van der Waals surface area contributed by atoms with Crippen molar-refractivity contribution in [2.75, 3.05) is 12.4 Å². The molecular weight excluding hydrogens is 276 g/mol. The van der Waals surface area contributed by atoms with Crippen molar-refractivity contribution < 1.29 is 14.3 Å². The first-order valence-electron chi connectivity index (χ1n) is 6.59. The normalized spacial score (nSPS) is 24.9. The Labute approximate surface area is 121 Å². The van der Waals surface area contributed by atoms with Crippen LogP contribution in [0.4, 0.5) is 0 Å². The second kappa shape index (κ2) is 5.75. The molecule has 106 valence electrons. The number of hydrogen-bond acceptors (Lipinski definition) is 5. The van der Waals surface area contributed by atoms with Gasteiger partial charge in [-0.15, -0.1) is 0 Å². The van der Waals surface area contributed by atoms with Crippen molar-refractivity contribution in [3.63, 3.8) is 0 Å². The van der Waals surface area contributed by atoms with Crippen LogP contribution in [0.5, 0.6) is 11.5 Å². The van der Waals surface area contributed by atoms with Gasteiger partial charge in [-0.1, -0.05) is 23.9 Å². The molecule has 0 saturated carbocycles. The molecule has 1 aromatic rings. The van der Waals surface area contributed by atoms with E-state index in [-0.39, 0.29) is 18.1 Å². The number of aliphatic imine (C=N–C) groups is 1. The third-order valence-electron chi connectivity index (χ3n) is 3.04. The first kappa shape index (κ1) is 13.3. The number of thioether (sulfide) groups is 1. The van der Waals surface area contributed by atoms with Crippen LogP contribution in [0, 0.1) is 0 Å². The minimum absolute atomic E-state index is 0.0289. The molecule has 2 atom stereocenters. The van der Waals surface area contributed by atoms with Crippen molar-refractivity contribution in [2.45, 2.75) is 25.5 Å². The van der Waals surface area contributed by atoms with Gasteiger partial charge in [0, 0.05) is 12.2 Å². The van der Waals surface area contributed by atoms with E-state index in [4.69, 9.17) is 9.47 Å². The number of para-hydroxylation sites is 2. The topological polar surface area (TPSA) is 59.9 Å². The van der Waals surface area contributed by atoms with Gasteiger partial charge in [-0.05, 0) is 19.1 Å². The molecule has 0 radical (unpaired) electrons. The van der Waals surface area contributed by atoms with Gasteiger partial charge in [-0.3, -0.25) is 9.79 Å². The van der Waals surface area contributed by atoms with Crippen molar-refractivity contribution in [1.82, 2.24) is 5.32 Å². The summed E-state index contributed by atoms with van der Waals surface area (Å²) in [5, 5.41) is 3.46. The molecule has 1 aromatic carbocycles. The standard InChI is InChI=1S/C14H16N2O3S/c1-9-6-13(17)16-14(15-9)20-8-10-7-18-11-4-2-3-5-12(11)19-10/h2-5,9-10H,6-8H2,1H3,(H,15,16,17)/t9-,10-/m1/s1. The molecule has 0 aliphatic carbocycles. The molecule has 0 spiro atoms. The molecule has 3 rings (SSSR count). The van der Waals surface area contributed by atoms with Crippen molar-refractivity contribution in [2.24, 2.45) is 4.99 Å². The quantitative estimate of drug-likeness (QED) is 0.903. The lowest BCUT2D eigenvalue weighted by Gasteiger charge is -2.26. The van der Waals surface area contributed by atoms with E-state index in [1.165, 1.54) is 11.8 Å². The number of nitrogens with one attached hydrogen (secondary N) is 1. The van der Waals surface area contributed by atoms with Crippen LogP contribution in [-0.4, -0.2) is 35.6 Å². The number of carbonyl (C=O) groups is 1. The molecule has 0 saturated heterocycles. The van der Waals surface area contributed by atoms with Crippen molar-refractivity contribution in [1.29, 1.82) is 0 Å². The Hall–Kier alpha value is -1.69. The Balaban J connectivity index is 1.57. The number of fused-ring (bicyclic) bond motifs is 1. The summed E-state index contributed by atoms with van der Waals surface area (Å²) in [7, 11) is 0. The van der Waals surface area contributed by atoms with Crippen LogP contribution in [-0.2, 0) is 4.79 Å². The first-order valence-corrected chi connectivity index (χ1v) is 7.58. The summed E-state index contributed by atoms with van der Waals surface area (Å²) in [6.07, 6.45) is 0.423. The van der Waals surface area contributed by atoms with Gasteiger partial charge >= 0.3 is 0 Å². The Morgan fingerprint density at radius 2 is 2.20 bits per heavy atom. The van der Waals surface area contributed by atoms with Crippen LogP contribution in [0.2, 0.25) is 0 Å². The molecular formula is C14H16N2O3S. The average Bonchev–Trinajstić information content (AvgIpc) is 2.44. The van der Waals surface area contributed by atoms with E-state index in [0.29, 0.717) is 23.9 Å². The van der Waals surface area contributed by atoms with Crippen molar-refractivity contribution >= 4 is 22.8 Å². The maximum Gasteiger partial charge on any atom is 0.228 e. The van der Waals surface area contributed by atoms with E-state index in [1.807, 2.05) is 31.2 Å². The van der Waals surface area contributed by atoms with Gasteiger partial charge in [0.15, 0.2) is 16.7 Å². The summed E-state index contributed by atoms with van der Waals surface area (Å²) in [6, 6.07) is 7.69. The van der Waals surface area contributed by atoms with Crippen LogP contribution in [0.15, 0.2) is 29.3 Å². The van der Waals surface area contributed by atoms with E-state index in [1.54, 1.807) is 0 Å². The minimum Gasteiger partial charge on any atom is -0.486 e. The fourth-order valence-electron chi connectivity index (χ4n) is 2.11. The van der Waals surface area contributed by atoms with Gasteiger partial charge in [0.25, 0.3) is 0 Å². The number of amides is 1. The molecule has 0 bridgehead atoms. The number of nitrogens with zero attached hydrogens (tertiary/aromatic N) is 1. The lowest BCUT2D eigenvalue weighted by Crippen LogP contribution is -2.38. The molecule has 2 aliphatic rings. The molecule has 2 heterocycles. The maximum atomic E-state index is 11.4. The Kier molecular flexibility index (Phi) is 3.82. The summed E-state index contributed by atoms with van der Waals surface area (Å²) in [5.41, 5.74) is 0. The monoisotopic (exact) mass is 292 g/mol. The number of carbonyl (C=O) groups excluding carboxylic acids is 1. The van der Waals surface area contributed by atoms with Crippen molar-refractivity contribution in [3.05, 3.63) is 24.3 Å². The van der Waals surface area contributed by atoms with Crippen LogP contribution in [0.3, 0.4) is 0 Å². The molecule has 5 nitrogen and oxygen atoms in total. The smallest absolute Gasteiger partial charge is 0.228 e. The molecule has 20 heavy (non-hydrogen) atoms. The Morgan fingerprint density at radius 3 is 3.00 bits per heavy atom. The van der Waals surface area contributed by atoms with Gasteiger partial charge in [0.1, 0.15) is 12.7 Å². The molecule has 6 heteroatoms. The number of amidine groups is 1. The van der Waals surface area contributed by atoms with Gasteiger partial charge < -0.3 is 14.8 Å². The lowest BCUT2D eigenvalue weighted by atomic mass is 10.2. The summed E-state index contributed by atoms with van der Waals surface area (Å²) in [5.74, 6) is 2.28. The van der Waals surface area contributed by atoms with Crippen LogP contribution in [0.1, 0.15) is 13.3 Å². The fourth-order valence-corrected chi connectivity index (χ4v) is 3.06. The van der Waals surface area contributed by atoms with Crippen LogP contribution in [0.25, 0.3) is 0 Å². The van der Waals surface area contributed by atoms with E-state index in [0.717, 1.165) is 11.5 Å². The van der Waals surface area contributed by atoms with Crippen LogP contribution < -0.4 is 14.8 Å². The predicted octanol–water partition coefficient (Wildman–Crippen LogP) is 1.82. The van der Waals surface area contributed by atoms with Gasteiger partial charge in [0.2, 0.25) is 5.91 Å². The zero-order chi connectivity index (χ0) is 13.9. The van der Waals surface area contributed by atoms with E-state index >= 15 is 0 Å². The highest BCUT2D eigenvalue weighted by Gasteiger charge is 2.23. The predicted molar refractivity (Wildman–Crippen MR) is 78.5 cm³/mol. The second-order valence-electron chi connectivity index (χ2n) is 4.84. The molecule has 1 amide bonds. The highest BCUT2D eigenvalue weighted by atomic mass is 32.2. The number of rotatable bonds is 2. The third kappa shape index (κ3) is 3.07. The molecule has 1 N–H and O–H groups in total. The zero-order valence-corrected chi connectivity index (χ0v) is 12.0. The number of ether oxygens (including phenoxy) is 2. The highest BCUT2D eigenvalue weighted by Crippen LogP contribution is 2.31. The summed E-state index contributed by atoms with van der Waals surface area (Å²) in [4.78, 5) is 15.9. The highest BCUT2D eigenvalue weighted by molar-refractivity contribution is 8.13. The Morgan fingerprint density at radius 1 is 1.40 bits per heavy atom. The SMILES string of the molecule is C[C@@H]1CC(=O)NC(SC[C@H]2COc3ccccc3O2)=N1. The van der Waals surface area contributed by atoms with E-state index in [9.17, 15) is 4.79 Å². The summed E-state index contributed by atoms with van der Waals surface area (Å²) in [6.45, 7) is 2.45. The van der Waals surface area contributed by atoms with Crippen LogP contribution >= 0.6 is 11.8 Å². The largest absolute Gasteiger partial charge is 0.486 e. The van der Waals surface area contributed by atoms with E-state index in [2.05, 4.69) is 10.3 Å². The third-order valence-corrected chi connectivity index (χ3v) is 4.06. The van der Waals surface area contributed by atoms with Gasteiger partial charge in [-0.25, -0.2) is 0 Å². The zero-order valence-electron chi connectivity index (χ0n) is 11.2. The second-order valence-corrected chi connectivity index (χ2v) is 5.85. The first-order chi connectivity index (χ1) is 9.70. The van der Waals surface area contributed by atoms with E-state index < -0.39 is 0 Å². The lowest BCUT2D eigenvalue weighted by molar-refractivity contribution is -0.120. The Bertz CT molecular complexity index is 547. The molecule has 2 aliphatic heterocycles. The fraction of sp³-hybridized carbons (Fsp3) is 0.429. The summed E-state index contributed by atoms with van der Waals surface area (Å²) < 4.78 is 11.5. The van der Waals surface area contributed by atoms with Gasteiger partial charge in [0.05, 0.1) is 6.04 Å². The number of benzene rings is 1.